The fourth-order valence-electron chi connectivity index (χ4n) is 4.06. The van der Waals surface area contributed by atoms with Crippen LogP contribution in [-0.4, -0.2) is 26.3 Å². The van der Waals surface area contributed by atoms with Crippen LogP contribution in [0.15, 0.2) is 0 Å². The zero-order chi connectivity index (χ0) is 10.8. The van der Waals surface area contributed by atoms with E-state index >= 15 is 0 Å². The molecule has 0 aromatic rings. The lowest BCUT2D eigenvalue weighted by atomic mass is 9.63. The van der Waals surface area contributed by atoms with Gasteiger partial charge in [0.2, 0.25) is 0 Å². The van der Waals surface area contributed by atoms with E-state index < -0.39 is 0 Å². The van der Waals surface area contributed by atoms with Crippen LogP contribution in [0.3, 0.4) is 0 Å². The van der Waals surface area contributed by atoms with Gasteiger partial charge in [-0.2, -0.15) is 0 Å². The largest absolute Gasteiger partial charge is 0.380 e. The van der Waals surface area contributed by atoms with Crippen LogP contribution in [0.4, 0.5) is 0 Å². The van der Waals surface area contributed by atoms with Gasteiger partial charge in [0.15, 0.2) is 0 Å². The first-order valence-electron chi connectivity index (χ1n) is 7.18. The van der Waals surface area contributed by atoms with Crippen molar-refractivity contribution in [1.82, 2.24) is 5.32 Å². The molecule has 2 heteroatoms. The van der Waals surface area contributed by atoms with Crippen molar-refractivity contribution in [2.75, 3.05) is 26.3 Å². The summed E-state index contributed by atoms with van der Waals surface area (Å²) in [5, 5.41) is 3.51. The maximum Gasteiger partial charge on any atom is 0.0547 e. The van der Waals surface area contributed by atoms with Gasteiger partial charge < -0.3 is 10.1 Å². The maximum absolute atomic E-state index is 5.58. The molecule has 2 aliphatic heterocycles. The van der Waals surface area contributed by atoms with Crippen molar-refractivity contribution >= 4 is 0 Å². The molecule has 3 rings (SSSR count). The summed E-state index contributed by atoms with van der Waals surface area (Å²) in [6.07, 6.45) is 10.2. The van der Waals surface area contributed by atoms with Crippen LogP contribution in [0.5, 0.6) is 0 Å². The quantitative estimate of drug-likeness (QED) is 0.794. The topological polar surface area (TPSA) is 21.3 Å². The molecule has 0 aromatic heterocycles. The Morgan fingerprint density at radius 1 is 1.06 bits per heavy atom. The molecule has 0 spiro atoms. The van der Waals surface area contributed by atoms with Gasteiger partial charge in [-0.25, -0.2) is 0 Å². The van der Waals surface area contributed by atoms with Crippen LogP contribution in [0.1, 0.15) is 44.9 Å². The van der Waals surface area contributed by atoms with Gasteiger partial charge in [-0.1, -0.05) is 19.3 Å². The van der Waals surface area contributed by atoms with Crippen molar-refractivity contribution in [2.45, 2.75) is 44.9 Å². The molecule has 1 aliphatic carbocycles. The first-order chi connectivity index (χ1) is 7.89. The summed E-state index contributed by atoms with van der Waals surface area (Å²) in [6, 6.07) is 0. The van der Waals surface area contributed by atoms with Crippen molar-refractivity contribution in [2.24, 2.45) is 17.3 Å². The van der Waals surface area contributed by atoms with Gasteiger partial charge in [0.1, 0.15) is 0 Å². The van der Waals surface area contributed by atoms with Crippen molar-refractivity contribution < 1.29 is 4.74 Å². The lowest BCUT2D eigenvalue weighted by molar-refractivity contribution is -0.162. The van der Waals surface area contributed by atoms with E-state index in [2.05, 4.69) is 5.32 Å². The highest BCUT2D eigenvalue weighted by atomic mass is 16.5. The van der Waals surface area contributed by atoms with Gasteiger partial charge in [-0.05, 0) is 50.6 Å². The van der Waals surface area contributed by atoms with Crippen LogP contribution in [-0.2, 0) is 4.74 Å². The average molecular weight is 223 g/mol. The summed E-state index contributed by atoms with van der Waals surface area (Å²) in [5.41, 5.74) is 0.594. The number of rotatable bonds is 3. The minimum atomic E-state index is 0.594. The lowest BCUT2D eigenvalue weighted by Crippen LogP contribution is -2.50. The normalized spacial score (nSPS) is 34.9. The smallest absolute Gasteiger partial charge is 0.0547 e. The van der Waals surface area contributed by atoms with E-state index in [1.165, 1.54) is 58.0 Å². The molecule has 1 saturated carbocycles. The van der Waals surface area contributed by atoms with E-state index in [0.29, 0.717) is 5.41 Å². The molecule has 0 radical (unpaired) electrons. The molecule has 16 heavy (non-hydrogen) atoms. The van der Waals surface area contributed by atoms with Crippen LogP contribution < -0.4 is 5.32 Å². The summed E-state index contributed by atoms with van der Waals surface area (Å²) in [5.74, 6) is 1.92. The third-order valence-corrected chi connectivity index (χ3v) is 5.11. The summed E-state index contributed by atoms with van der Waals surface area (Å²) in [6.45, 7) is 4.63. The number of hydrogen-bond donors (Lipinski definition) is 1. The SMILES string of the molecule is C1CCC(C2(CC3CCNC3)COC2)CC1. The molecule has 2 heterocycles. The van der Waals surface area contributed by atoms with Crippen molar-refractivity contribution in [1.29, 1.82) is 0 Å². The Balaban J connectivity index is 1.62. The first kappa shape index (κ1) is 11.0. The molecule has 92 valence electrons. The number of hydrogen-bond acceptors (Lipinski definition) is 2. The Bertz CT molecular complexity index is 225. The Kier molecular flexibility index (Phi) is 3.21. The molecule has 3 aliphatic rings. The minimum Gasteiger partial charge on any atom is -0.380 e. The van der Waals surface area contributed by atoms with Gasteiger partial charge in [-0.15, -0.1) is 0 Å². The van der Waals surface area contributed by atoms with E-state index in [1.54, 1.807) is 0 Å². The maximum atomic E-state index is 5.58. The molecule has 0 bridgehead atoms. The molecular formula is C14H25NO. The molecular weight excluding hydrogens is 198 g/mol. The highest BCUT2D eigenvalue weighted by Gasteiger charge is 2.46. The Morgan fingerprint density at radius 3 is 2.44 bits per heavy atom. The van der Waals surface area contributed by atoms with Crippen LogP contribution in [0, 0.1) is 17.3 Å². The molecule has 0 aromatic carbocycles. The van der Waals surface area contributed by atoms with Crippen molar-refractivity contribution in [3.63, 3.8) is 0 Å². The summed E-state index contributed by atoms with van der Waals surface area (Å²) < 4.78 is 5.58. The van der Waals surface area contributed by atoms with Crippen LogP contribution in [0.2, 0.25) is 0 Å². The van der Waals surface area contributed by atoms with E-state index in [-0.39, 0.29) is 0 Å². The third kappa shape index (κ3) is 2.02. The van der Waals surface area contributed by atoms with Crippen LogP contribution >= 0.6 is 0 Å². The third-order valence-electron chi connectivity index (χ3n) is 5.11. The van der Waals surface area contributed by atoms with Crippen molar-refractivity contribution in [3.8, 4) is 0 Å². The average Bonchev–Trinajstić information content (AvgIpc) is 2.77. The molecule has 0 amide bonds. The predicted octanol–water partition coefficient (Wildman–Crippen LogP) is 2.58. The molecule has 1 unspecified atom stereocenters. The van der Waals surface area contributed by atoms with Crippen LogP contribution in [0.25, 0.3) is 0 Å². The fraction of sp³-hybridized carbons (Fsp3) is 1.00. The van der Waals surface area contributed by atoms with Gasteiger partial charge in [0.05, 0.1) is 13.2 Å². The second-order valence-corrected chi connectivity index (χ2v) is 6.25. The van der Waals surface area contributed by atoms with Gasteiger partial charge in [0.25, 0.3) is 0 Å². The molecule has 2 saturated heterocycles. The van der Waals surface area contributed by atoms with E-state index in [9.17, 15) is 0 Å². The fourth-order valence-corrected chi connectivity index (χ4v) is 4.06. The summed E-state index contributed by atoms with van der Waals surface area (Å²) in [7, 11) is 0. The Hall–Kier alpha value is -0.0800. The zero-order valence-electron chi connectivity index (χ0n) is 10.3. The van der Waals surface area contributed by atoms with Gasteiger partial charge >= 0.3 is 0 Å². The highest BCUT2D eigenvalue weighted by molar-refractivity contribution is 4.95. The molecule has 3 fully saturated rings. The Labute approximate surface area is 99.1 Å². The van der Waals surface area contributed by atoms with E-state index in [1.807, 2.05) is 0 Å². The first-order valence-corrected chi connectivity index (χ1v) is 7.18. The van der Waals surface area contributed by atoms with Gasteiger partial charge in [-0.3, -0.25) is 0 Å². The molecule has 1 atom stereocenters. The minimum absolute atomic E-state index is 0.594. The molecule has 1 N–H and O–H groups in total. The van der Waals surface area contributed by atoms with Crippen molar-refractivity contribution in [3.05, 3.63) is 0 Å². The summed E-state index contributed by atoms with van der Waals surface area (Å²) in [4.78, 5) is 0. The monoisotopic (exact) mass is 223 g/mol. The van der Waals surface area contributed by atoms with E-state index in [0.717, 1.165) is 25.0 Å². The molecule has 2 nitrogen and oxygen atoms in total. The Morgan fingerprint density at radius 2 is 1.88 bits per heavy atom. The summed E-state index contributed by atoms with van der Waals surface area (Å²) >= 11 is 0. The zero-order valence-corrected chi connectivity index (χ0v) is 10.3. The second kappa shape index (κ2) is 4.66. The second-order valence-electron chi connectivity index (χ2n) is 6.25. The predicted molar refractivity (Wildman–Crippen MR) is 65.4 cm³/mol. The lowest BCUT2D eigenvalue weighted by Gasteiger charge is -2.50. The van der Waals surface area contributed by atoms with E-state index in [4.69, 9.17) is 4.74 Å². The van der Waals surface area contributed by atoms with Gasteiger partial charge in [0, 0.05) is 5.41 Å². The number of ether oxygens (including phenoxy) is 1. The standard InChI is InChI=1S/C14H25NO/c1-2-4-13(5-3-1)14(10-16-11-14)8-12-6-7-15-9-12/h12-13,15H,1-11H2. The highest BCUT2D eigenvalue weighted by Crippen LogP contribution is 2.48. The number of nitrogens with one attached hydrogen (secondary N) is 1.